The molecule has 2 heterocycles. The van der Waals surface area contributed by atoms with Gasteiger partial charge in [-0.25, -0.2) is 4.98 Å². The fourth-order valence-electron chi connectivity index (χ4n) is 4.38. The molecule has 1 aliphatic carbocycles. The molecule has 3 aromatic rings. The molecule has 0 radical (unpaired) electrons. The third-order valence-electron chi connectivity index (χ3n) is 5.94. The number of phenols is 1. The van der Waals surface area contributed by atoms with Crippen molar-refractivity contribution in [3.8, 4) is 5.75 Å². The number of rotatable bonds is 4. The summed E-state index contributed by atoms with van der Waals surface area (Å²) in [6.45, 7) is 2.05. The summed E-state index contributed by atoms with van der Waals surface area (Å²) in [7, 11) is 0. The van der Waals surface area contributed by atoms with Gasteiger partial charge < -0.3 is 15.4 Å². The predicted octanol–water partition coefficient (Wildman–Crippen LogP) is 4.64. The minimum absolute atomic E-state index is 0.0370. The number of anilines is 1. The SMILES string of the molecule is Cc1ccc(CSc2nc3c(c(=O)[nH]2)C(c2cccc(O)c2)C2=C(CCCC2=O)N3)cc1. The molecular formula is C25H23N3O3S. The number of H-pyrrole nitrogens is 1. The molecule has 32 heavy (non-hydrogen) atoms. The molecule has 0 fully saturated rings. The Morgan fingerprint density at radius 3 is 2.72 bits per heavy atom. The molecule has 0 bridgehead atoms. The van der Waals surface area contributed by atoms with Crippen LogP contribution < -0.4 is 10.9 Å². The molecule has 5 rings (SSSR count). The van der Waals surface area contributed by atoms with E-state index in [-0.39, 0.29) is 17.1 Å². The molecule has 0 spiro atoms. The molecule has 2 aliphatic rings. The van der Waals surface area contributed by atoms with Crippen LogP contribution in [0.15, 0.2) is 69.8 Å². The molecule has 1 atom stereocenters. The van der Waals surface area contributed by atoms with Gasteiger partial charge in [-0.15, -0.1) is 0 Å². The zero-order chi connectivity index (χ0) is 22.2. The van der Waals surface area contributed by atoms with E-state index in [9.17, 15) is 14.7 Å². The highest BCUT2D eigenvalue weighted by Gasteiger charge is 2.37. The Bertz CT molecular complexity index is 1290. The zero-order valence-corrected chi connectivity index (χ0v) is 18.5. The van der Waals surface area contributed by atoms with Crippen LogP contribution in [0.2, 0.25) is 0 Å². The predicted molar refractivity (Wildman–Crippen MR) is 125 cm³/mol. The van der Waals surface area contributed by atoms with Gasteiger partial charge in [-0.2, -0.15) is 0 Å². The number of aromatic amines is 1. The van der Waals surface area contributed by atoms with Crippen molar-refractivity contribution < 1.29 is 9.90 Å². The van der Waals surface area contributed by atoms with E-state index in [1.54, 1.807) is 18.2 Å². The third kappa shape index (κ3) is 3.84. The molecule has 0 saturated carbocycles. The maximum absolute atomic E-state index is 13.2. The van der Waals surface area contributed by atoms with Crippen molar-refractivity contribution in [2.75, 3.05) is 5.32 Å². The second-order valence-corrected chi connectivity index (χ2v) is 9.19. The van der Waals surface area contributed by atoms with Gasteiger partial charge in [0, 0.05) is 29.4 Å². The van der Waals surface area contributed by atoms with E-state index in [1.807, 2.05) is 13.0 Å². The number of aromatic hydroxyl groups is 1. The van der Waals surface area contributed by atoms with Crippen molar-refractivity contribution in [1.29, 1.82) is 0 Å². The number of Topliss-reactive ketones (excluding diaryl/α,β-unsaturated/α-hetero) is 1. The number of phenolic OH excluding ortho intramolecular Hbond substituents is 1. The smallest absolute Gasteiger partial charge is 0.257 e. The van der Waals surface area contributed by atoms with E-state index in [4.69, 9.17) is 4.98 Å². The molecule has 162 valence electrons. The Morgan fingerprint density at radius 1 is 1.12 bits per heavy atom. The summed E-state index contributed by atoms with van der Waals surface area (Å²) in [5.74, 6) is 0.762. The number of benzene rings is 2. The van der Waals surface area contributed by atoms with Crippen molar-refractivity contribution in [2.24, 2.45) is 0 Å². The van der Waals surface area contributed by atoms with Gasteiger partial charge in [0.2, 0.25) is 0 Å². The number of hydrogen-bond acceptors (Lipinski definition) is 6. The number of allylic oxidation sites excluding steroid dienone is 2. The largest absolute Gasteiger partial charge is 0.508 e. The minimum atomic E-state index is -0.548. The molecule has 3 N–H and O–H groups in total. The molecule has 1 unspecified atom stereocenters. The summed E-state index contributed by atoms with van der Waals surface area (Å²) in [4.78, 5) is 33.7. The van der Waals surface area contributed by atoms with Crippen LogP contribution >= 0.6 is 11.8 Å². The third-order valence-corrected chi connectivity index (χ3v) is 6.88. The van der Waals surface area contributed by atoms with Gasteiger partial charge in [-0.05, 0) is 43.0 Å². The molecule has 2 aromatic carbocycles. The van der Waals surface area contributed by atoms with E-state index in [2.05, 4.69) is 34.6 Å². The number of carbonyl (C=O) groups is 1. The monoisotopic (exact) mass is 445 g/mol. The molecule has 6 nitrogen and oxygen atoms in total. The molecule has 0 amide bonds. The van der Waals surface area contributed by atoms with Crippen molar-refractivity contribution in [1.82, 2.24) is 9.97 Å². The average molecular weight is 446 g/mol. The van der Waals surface area contributed by atoms with Crippen LogP contribution in [0.1, 0.15) is 47.4 Å². The van der Waals surface area contributed by atoms with Crippen molar-refractivity contribution >= 4 is 23.4 Å². The van der Waals surface area contributed by atoms with E-state index < -0.39 is 5.92 Å². The highest BCUT2D eigenvalue weighted by Crippen LogP contribution is 2.44. The molecular weight excluding hydrogens is 422 g/mol. The Kier molecular flexibility index (Phi) is 5.35. The Morgan fingerprint density at radius 2 is 1.94 bits per heavy atom. The van der Waals surface area contributed by atoms with E-state index in [1.165, 1.54) is 17.3 Å². The van der Waals surface area contributed by atoms with Crippen LogP contribution in [0.5, 0.6) is 5.75 Å². The maximum atomic E-state index is 13.2. The summed E-state index contributed by atoms with van der Waals surface area (Å²) in [6, 6.07) is 15.0. The van der Waals surface area contributed by atoms with Crippen molar-refractivity contribution in [2.45, 2.75) is 43.0 Å². The number of thioether (sulfide) groups is 1. The number of aryl methyl sites for hydroxylation is 1. The van der Waals surface area contributed by atoms with Crippen molar-refractivity contribution in [3.05, 3.63) is 92.4 Å². The van der Waals surface area contributed by atoms with E-state index in [0.29, 0.717) is 39.8 Å². The number of nitrogens with zero attached hydrogens (tertiary/aromatic N) is 1. The fourth-order valence-corrected chi connectivity index (χ4v) is 5.20. The van der Waals surface area contributed by atoms with Gasteiger partial charge in [0.15, 0.2) is 10.9 Å². The number of carbonyl (C=O) groups excluding carboxylic acids is 1. The lowest BCUT2D eigenvalue weighted by molar-refractivity contribution is -0.116. The lowest BCUT2D eigenvalue weighted by atomic mass is 9.76. The van der Waals surface area contributed by atoms with Crippen LogP contribution in [0.3, 0.4) is 0 Å². The summed E-state index contributed by atoms with van der Waals surface area (Å²) in [5, 5.41) is 13.9. The first-order valence-electron chi connectivity index (χ1n) is 10.6. The van der Waals surface area contributed by atoms with Crippen molar-refractivity contribution in [3.63, 3.8) is 0 Å². The van der Waals surface area contributed by atoms with Gasteiger partial charge in [0.25, 0.3) is 5.56 Å². The Balaban J connectivity index is 1.55. The number of nitrogens with one attached hydrogen (secondary N) is 2. The molecule has 7 heteroatoms. The number of aromatic nitrogens is 2. The fraction of sp³-hybridized carbons (Fsp3) is 0.240. The normalized spacial score (nSPS) is 17.5. The van der Waals surface area contributed by atoms with Crippen LogP contribution in [0.25, 0.3) is 0 Å². The average Bonchev–Trinajstić information content (AvgIpc) is 2.77. The minimum Gasteiger partial charge on any atom is -0.508 e. The summed E-state index contributed by atoms with van der Waals surface area (Å²) >= 11 is 1.47. The lowest BCUT2D eigenvalue weighted by Crippen LogP contribution is -2.32. The highest BCUT2D eigenvalue weighted by atomic mass is 32.2. The van der Waals surface area contributed by atoms with Crippen LogP contribution in [-0.2, 0) is 10.5 Å². The molecule has 1 aromatic heterocycles. The number of ketones is 1. The Labute approximate surface area is 189 Å². The van der Waals surface area contributed by atoms with Gasteiger partial charge in [0.05, 0.1) is 5.56 Å². The highest BCUT2D eigenvalue weighted by molar-refractivity contribution is 7.98. The molecule has 0 saturated heterocycles. The summed E-state index contributed by atoms with van der Waals surface area (Å²) in [5.41, 5.74) is 4.65. The number of fused-ring (bicyclic) bond motifs is 1. The first-order chi connectivity index (χ1) is 15.5. The van der Waals surface area contributed by atoms with Crippen LogP contribution in [-0.4, -0.2) is 20.9 Å². The van der Waals surface area contributed by atoms with Crippen LogP contribution in [0.4, 0.5) is 5.82 Å². The number of hydrogen-bond donors (Lipinski definition) is 3. The standard InChI is InChI=1S/C25H23N3O3S/c1-14-8-10-15(11-9-14)13-32-25-27-23-22(24(31)28-25)20(16-4-2-5-17(29)12-16)21-18(26-23)6-3-7-19(21)30/h2,4-5,8-12,20,29H,3,6-7,13H2,1H3,(H2,26,27,28,31). The quantitative estimate of drug-likeness (QED) is 0.400. The maximum Gasteiger partial charge on any atom is 0.257 e. The first-order valence-corrected chi connectivity index (χ1v) is 11.6. The Hall–Kier alpha value is -3.32. The first kappa shape index (κ1) is 20.6. The van der Waals surface area contributed by atoms with Gasteiger partial charge in [-0.3, -0.25) is 9.59 Å². The topological polar surface area (TPSA) is 95.1 Å². The summed E-state index contributed by atoms with van der Waals surface area (Å²) < 4.78 is 0. The van der Waals surface area contributed by atoms with Gasteiger partial charge in [-0.1, -0.05) is 53.7 Å². The zero-order valence-electron chi connectivity index (χ0n) is 17.6. The second-order valence-electron chi connectivity index (χ2n) is 8.23. The van der Waals surface area contributed by atoms with Crippen LogP contribution in [0, 0.1) is 6.92 Å². The van der Waals surface area contributed by atoms with E-state index >= 15 is 0 Å². The lowest BCUT2D eigenvalue weighted by Gasteiger charge is -2.32. The summed E-state index contributed by atoms with van der Waals surface area (Å²) in [6.07, 6.45) is 1.96. The van der Waals surface area contributed by atoms with Gasteiger partial charge >= 0.3 is 0 Å². The van der Waals surface area contributed by atoms with E-state index in [0.717, 1.165) is 24.1 Å². The molecule has 1 aliphatic heterocycles. The van der Waals surface area contributed by atoms with Gasteiger partial charge in [0.1, 0.15) is 11.6 Å². The second kappa shape index (κ2) is 8.31.